The molecule has 0 heteroatoms. The first-order valence-electron chi connectivity index (χ1n) is 10.2. The van der Waals surface area contributed by atoms with Gasteiger partial charge in [0.05, 0.1) is 0 Å². The molecule has 2 aliphatic rings. The summed E-state index contributed by atoms with van der Waals surface area (Å²) < 4.78 is 0. The highest BCUT2D eigenvalue weighted by molar-refractivity contribution is 4.95. The van der Waals surface area contributed by atoms with Gasteiger partial charge >= 0.3 is 0 Å². The van der Waals surface area contributed by atoms with E-state index in [0.717, 1.165) is 23.7 Å². The highest BCUT2D eigenvalue weighted by Gasteiger charge is 2.46. The second-order valence-electron chi connectivity index (χ2n) is 10.6. The second-order valence-corrected chi connectivity index (χ2v) is 10.6. The van der Waals surface area contributed by atoms with Crippen molar-refractivity contribution >= 4 is 0 Å². The van der Waals surface area contributed by atoms with Crippen molar-refractivity contribution in [2.24, 2.45) is 34.5 Å². The van der Waals surface area contributed by atoms with Crippen LogP contribution in [0.5, 0.6) is 0 Å². The molecule has 2 atom stereocenters. The van der Waals surface area contributed by atoms with Gasteiger partial charge < -0.3 is 0 Å². The maximum Gasteiger partial charge on any atom is -0.0301 e. The fourth-order valence-corrected chi connectivity index (χ4v) is 6.06. The first-order chi connectivity index (χ1) is 10.2. The van der Waals surface area contributed by atoms with Crippen LogP contribution >= 0.6 is 0 Å². The Balaban J connectivity index is 2.29. The number of rotatable bonds is 3. The van der Waals surface area contributed by atoms with Gasteiger partial charge in [-0.2, -0.15) is 0 Å². The average molecular weight is 307 g/mol. The molecule has 0 aliphatic heterocycles. The van der Waals surface area contributed by atoms with Gasteiger partial charge in [0.1, 0.15) is 0 Å². The van der Waals surface area contributed by atoms with E-state index < -0.39 is 0 Å². The summed E-state index contributed by atoms with van der Waals surface area (Å²) >= 11 is 0. The third-order valence-corrected chi connectivity index (χ3v) is 6.70. The number of hydrogen-bond acceptors (Lipinski definition) is 0. The standard InChI is InChI=1S/C22H42/c1-21(2,3)19(17-13-9-7-10-14-17)20(22(4,5)6)18-15-11-8-12-16-18/h17-20H,7-16H2,1-6H3/t19-,20?/m1/s1. The third kappa shape index (κ3) is 4.51. The summed E-state index contributed by atoms with van der Waals surface area (Å²) in [5.41, 5.74) is 0.912. The molecule has 0 saturated heterocycles. The van der Waals surface area contributed by atoms with Crippen molar-refractivity contribution in [2.75, 3.05) is 0 Å². The quantitative estimate of drug-likeness (QED) is 0.507. The normalized spacial score (nSPS) is 25.9. The Labute approximate surface area is 140 Å². The Hall–Kier alpha value is 0. The van der Waals surface area contributed by atoms with E-state index >= 15 is 0 Å². The molecule has 0 aromatic rings. The molecule has 2 saturated carbocycles. The van der Waals surface area contributed by atoms with E-state index in [1.54, 1.807) is 0 Å². The van der Waals surface area contributed by atoms with Gasteiger partial charge in [-0.1, -0.05) is 106 Å². The van der Waals surface area contributed by atoms with Crippen LogP contribution in [0.2, 0.25) is 0 Å². The molecule has 0 amide bonds. The van der Waals surface area contributed by atoms with Crippen LogP contribution in [0.25, 0.3) is 0 Å². The fourth-order valence-electron chi connectivity index (χ4n) is 6.06. The molecular weight excluding hydrogens is 264 g/mol. The van der Waals surface area contributed by atoms with E-state index in [-0.39, 0.29) is 0 Å². The van der Waals surface area contributed by atoms with Gasteiger partial charge in [0.25, 0.3) is 0 Å². The van der Waals surface area contributed by atoms with Crippen LogP contribution in [0.3, 0.4) is 0 Å². The Morgan fingerprint density at radius 2 is 0.773 bits per heavy atom. The van der Waals surface area contributed by atoms with Gasteiger partial charge in [-0.15, -0.1) is 0 Å². The van der Waals surface area contributed by atoms with Gasteiger partial charge in [0.2, 0.25) is 0 Å². The molecule has 0 heterocycles. The average Bonchev–Trinajstić information content (AvgIpc) is 2.44. The highest BCUT2D eigenvalue weighted by atomic mass is 14.5. The van der Waals surface area contributed by atoms with E-state index in [1.807, 2.05) is 0 Å². The minimum absolute atomic E-state index is 0.456. The predicted molar refractivity (Wildman–Crippen MR) is 99.0 cm³/mol. The maximum absolute atomic E-state index is 2.54. The van der Waals surface area contributed by atoms with Gasteiger partial charge in [-0.3, -0.25) is 0 Å². The minimum atomic E-state index is 0.456. The van der Waals surface area contributed by atoms with Crippen LogP contribution in [-0.2, 0) is 0 Å². The molecule has 2 fully saturated rings. The summed E-state index contributed by atoms with van der Waals surface area (Å²) in [6.07, 6.45) is 14.9. The fraction of sp³-hybridized carbons (Fsp3) is 1.00. The first kappa shape index (κ1) is 18.3. The topological polar surface area (TPSA) is 0 Å². The lowest BCUT2D eigenvalue weighted by molar-refractivity contribution is -0.0331. The van der Waals surface area contributed by atoms with E-state index in [2.05, 4.69) is 41.5 Å². The molecule has 0 radical (unpaired) electrons. The smallest absolute Gasteiger partial charge is 0.0301 e. The zero-order chi connectivity index (χ0) is 16.4. The van der Waals surface area contributed by atoms with Crippen LogP contribution in [0, 0.1) is 34.5 Å². The summed E-state index contributed by atoms with van der Waals surface area (Å²) in [4.78, 5) is 0. The lowest BCUT2D eigenvalue weighted by Gasteiger charge is -2.52. The molecule has 0 bridgehead atoms. The van der Waals surface area contributed by atoms with Crippen LogP contribution in [0.15, 0.2) is 0 Å². The second kappa shape index (κ2) is 7.27. The lowest BCUT2D eigenvalue weighted by atomic mass is 9.53. The summed E-state index contributed by atoms with van der Waals surface area (Å²) in [7, 11) is 0. The van der Waals surface area contributed by atoms with Crippen molar-refractivity contribution in [2.45, 2.75) is 106 Å². The Morgan fingerprint density at radius 3 is 1.00 bits per heavy atom. The summed E-state index contributed by atoms with van der Waals surface area (Å²) in [5, 5.41) is 0. The summed E-state index contributed by atoms with van der Waals surface area (Å²) in [6.45, 7) is 15.2. The van der Waals surface area contributed by atoms with E-state index in [0.29, 0.717) is 10.8 Å². The van der Waals surface area contributed by atoms with Crippen LogP contribution in [-0.4, -0.2) is 0 Å². The highest BCUT2D eigenvalue weighted by Crippen LogP contribution is 2.54. The van der Waals surface area contributed by atoms with Gasteiger partial charge in [-0.25, -0.2) is 0 Å². The Morgan fingerprint density at radius 1 is 0.500 bits per heavy atom. The summed E-state index contributed by atoms with van der Waals surface area (Å²) in [5.74, 6) is 3.80. The molecule has 0 aromatic heterocycles. The van der Waals surface area contributed by atoms with Crippen molar-refractivity contribution < 1.29 is 0 Å². The molecule has 0 N–H and O–H groups in total. The molecular formula is C22H42. The van der Waals surface area contributed by atoms with Crippen molar-refractivity contribution in [3.8, 4) is 0 Å². The Bertz CT molecular complexity index is 281. The monoisotopic (exact) mass is 306 g/mol. The van der Waals surface area contributed by atoms with Crippen molar-refractivity contribution in [1.29, 1.82) is 0 Å². The van der Waals surface area contributed by atoms with Crippen molar-refractivity contribution in [3.63, 3.8) is 0 Å². The molecule has 2 aliphatic carbocycles. The van der Waals surface area contributed by atoms with Gasteiger partial charge in [-0.05, 0) is 34.5 Å². The third-order valence-electron chi connectivity index (χ3n) is 6.70. The molecule has 0 aromatic carbocycles. The lowest BCUT2D eigenvalue weighted by Crippen LogP contribution is -2.45. The summed E-state index contributed by atoms with van der Waals surface area (Å²) in [6, 6.07) is 0. The SMILES string of the molecule is CC(C)(C)C(C1CCCCC1)[C@@H](C1CCCCC1)C(C)(C)C. The molecule has 22 heavy (non-hydrogen) atoms. The van der Waals surface area contributed by atoms with E-state index in [1.165, 1.54) is 64.2 Å². The molecule has 130 valence electrons. The van der Waals surface area contributed by atoms with E-state index in [4.69, 9.17) is 0 Å². The number of hydrogen-bond donors (Lipinski definition) is 0. The zero-order valence-electron chi connectivity index (χ0n) is 16.4. The van der Waals surface area contributed by atoms with Crippen molar-refractivity contribution in [1.82, 2.24) is 0 Å². The van der Waals surface area contributed by atoms with E-state index in [9.17, 15) is 0 Å². The first-order valence-corrected chi connectivity index (χ1v) is 10.2. The minimum Gasteiger partial charge on any atom is -0.0599 e. The molecule has 0 nitrogen and oxygen atoms in total. The maximum atomic E-state index is 2.54. The zero-order valence-corrected chi connectivity index (χ0v) is 16.4. The van der Waals surface area contributed by atoms with Crippen molar-refractivity contribution in [3.05, 3.63) is 0 Å². The van der Waals surface area contributed by atoms with Crippen LogP contribution in [0.1, 0.15) is 106 Å². The largest absolute Gasteiger partial charge is 0.0599 e. The van der Waals surface area contributed by atoms with Crippen LogP contribution < -0.4 is 0 Å². The Kier molecular flexibility index (Phi) is 6.06. The van der Waals surface area contributed by atoms with Gasteiger partial charge in [0, 0.05) is 0 Å². The molecule has 0 spiro atoms. The van der Waals surface area contributed by atoms with Gasteiger partial charge in [0.15, 0.2) is 0 Å². The predicted octanol–water partition coefficient (Wildman–Crippen LogP) is 7.47. The molecule has 2 rings (SSSR count). The molecule has 1 unspecified atom stereocenters. The van der Waals surface area contributed by atoms with Crippen LogP contribution in [0.4, 0.5) is 0 Å².